The third kappa shape index (κ3) is 3.42. The Balaban J connectivity index is 1.92. The molecule has 0 aliphatic rings. The molecule has 7 nitrogen and oxygen atoms in total. The van der Waals surface area contributed by atoms with Gasteiger partial charge in [0.1, 0.15) is 5.01 Å². The minimum atomic E-state index is -4.62. The summed E-state index contributed by atoms with van der Waals surface area (Å²) in [5, 5.41) is 16.9. The first-order chi connectivity index (χ1) is 12.3. The fraction of sp³-hybridized carbons (Fsp3) is 0.0667. The van der Waals surface area contributed by atoms with Crippen molar-refractivity contribution >= 4 is 29.1 Å². The quantitative estimate of drug-likeness (QED) is 0.711. The summed E-state index contributed by atoms with van der Waals surface area (Å²) in [4.78, 5) is 27.6. The Labute approximate surface area is 147 Å². The number of thiazole rings is 1. The molecule has 0 fully saturated rings. The molecule has 0 bridgehead atoms. The van der Waals surface area contributed by atoms with Crippen LogP contribution in [0.25, 0.3) is 10.7 Å². The van der Waals surface area contributed by atoms with Gasteiger partial charge >= 0.3 is 12.1 Å². The van der Waals surface area contributed by atoms with E-state index in [1.54, 1.807) is 5.38 Å². The standard InChI is InChI=1S/C15H8F3N3O4S/c16-15(17,18)8-3-1-2-7(6-8)11(22)20-12-9(14(23)24)10(21-25-12)13-19-4-5-26-13/h1-6H,(H,20,22)(H,23,24). The Kier molecular flexibility index (Phi) is 4.47. The molecule has 2 N–H and O–H groups in total. The van der Waals surface area contributed by atoms with Crippen molar-refractivity contribution in [3.63, 3.8) is 0 Å². The summed E-state index contributed by atoms with van der Waals surface area (Å²) in [5.41, 5.74) is -1.86. The number of aromatic carboxylic acids is 1. The van der Waals surface area contributed by atoms with Crippen molar-refractivity contribution in [1.82, 2.24) is 10.1 Å². The van der Waals surface area contributed by atoms with E-state index in [1.807, 2.05) is 0 Å². The van der Waals surface area contributed by atoms with Crippen LogP contribution in [-0.2, 0) is 6.18 Å². The molecular formula is C15H8F3N3O4S. The average Bonchev–Trinajstić information content (AvgIpc) is 3.23. The zero-order chi connectivity index (χ0) is 18.9. The van der Waals surface area contributed by atoms with Gasteiger partial charge in [0.25, 0.3) is 5.91 Å². The number of alkyl halides is 3. The van der Waals surface area contributed by atoms with E-state index in [0.717, 1.165) is 29.5 Å². The molecule has 0 unspecified atom stereocenters. The lowest BCUT2D eigenvalue weighted by Crippen LogP contribution is -2.15. The van der Waals surface area contributed by atoms with Gasteiger partial charge in [-0.3, -0.25) is 10.1 Å². The van der Waals surface area contributed by atoms with Crippen molar-refractivity contribution in [2.24, 2.45) is 0 Å². The summed E-state index contributed by atoms with van der Waals surface area (Å²) in [6.45, 7) is 0. The number of nitrogens with one attached hydrogen (secondary N) is 1. The van der Waals surface area contributed by atoms with Crippen LogP contribution in [0.1, 0.15) is 26.3 Å². The maximum absolute atomic E-state index is 12.7. The van der Waals surface area contributed by atoms with Crippen molar-refractivity contribution < 1.29 is 32.4 Å². The number of amides is 1. The van der Waals surface area contributed by atoms with Crippen LogP contribution in [0.5, 0.6) is 0 Å². The fourth-order valence-electron chi connectivity index (χ4n) is 2.07. The lowest BCUT2D eigenvalue weighted by Gasteiger charge is -2.08. The van der Waals surface area contributed by atoms with Gasteiger partial charge in [-0.2, -0.15) is 13.2 Å². The predicted octanol–water partition coefficient (Wildman–Crippen LogP) is 3.77. The second-order valence-corrected chi connectivity index (χ2v) is 5.80. The van der Waals surface area contributed by atoms with Gasteiger partial charge in [0.05, 0.1) is 5.56 Å². The predicted molar refractivity (Wildman–Crippen MR) is 84.0 cm³/mol. The first kappa shape index (κ1) is 17.6. The Morgan fingerprint density at radius 2 is 2.04 bits per heavy atom. The lowest BCUT2D eigenvalue weighted by atomic mass is 10.1. The normalized spacial score (nSPS) is 11.3. The van der Waals surface area contributed by atoms with Crippen LogP contribution in [0.2, 0.25) is 0 Å². The summed E-state index contributed by atoms with van der Waals surface area (Å²) in [6, 6.07) is 3.68. The minimum absolute atomic E-state index is 0.0909. The van der Waals surface area contributed by atoms with Crippen LogP contribution in [-0.4, -0.2) is 27.1 Å². The fourth-order valence-corrected chi connectivity index (χ4v) is 2.70. The zero-order valence-electron chi connectivity index (χ0n) is 12.6. The number of carbonyl (C=O) groups is 2. The number of rotatable bonds is 4. The van der Waals surface area contributed by atoms with Crippen LogP contribution in [0.15, 0.2) is 40.4 Å². The summed E-state index contributed by atoms with van der Waals surface area (Å²) in [7, 11) is 0. The number of hydrogen-bond acceptors (Lipinski definition) is 6. The maximum Gasteiger partial charge on any atom is 0.416 e. The zero-order valence-corrected chi connectivity index (χ0v) is 13.4. The highest BCUT2D eigenvalue weighted by Crippen LogP contribution is 2.32. The molecule has 11 heteroatoms. The van der Waals surface area contributed by atoms with Gasteiger partial charge in [-0.25, -0.2) is 9.78 Å². The number of carboxylic acid groups (broad SMARTS) is 1. The van der Waals surface area contributed by atoms with Crippen molar-refractivity contribution in [2.75, 3.05) is 5.32 Å². The van der Waals surface area contributed by atoms with Crippen molar-refractivity contribution in [3.05, 3.63) is 52.5 Å². The van der Waals surface area contributed by atoms with Crippen LogP contribution < -0.4 is 5.32 Å². The van der Waals surface area contributed by atoms with Gasteiger partial charge in [0.2, 0.25) is 5.88 Å². The molecule has 1 aromatic carbocycles. The number of halogens is 3. The third-order valence-corrected chi connectivity index (χ3v) is 4.00. The molecule has 0 atom stereocenters. The van der Waals surface area contributed by atoms with Crippen LogP contribution >= 0.6 is 11.3 Å². The van der Waals surface area contributed by atoms with E-state index in [9.17, 15) is 27.9 Å². The van der Waals surface area contributed by atoms with Crippen molar-refractivity contribution in [2.45, 2.75) is 6.18 Å². The van der Waals surface area contributed by atoms with Crippen LogP contribution in [0.3, 0.4) is 0 Å². The largest absolute Gasteiger partial charge is 0.477 e. The van der Waals surface area contributed by atoms with E-state index < -0.39 is 35.1 Å². The van der Waals surface area contributed by atoms with Gasteiger partial charge in [-0.15, -0.1) is 11.3 Å². The van der Waals surface area contributed by atoms with E-state index in [-0.39, 0.29) is 16.3 Å². The Morgan fingerprint density at radius 1 is 1.27 bits per heavy atom. The molecule has 0 radical (unpaired) electrons. The average molecular weight is 383 g/mol. The first-order valence-corrected chi connectivity index (χ1v) is 7.77. The highest BCUT2D eigenvalue weighted by atomic mass is 32.1. The molecule has 2 aromatic heterocycles. The molecule has 2 heterocycles. The monoisotopic (exact) mass is 383 g/mol. The summed E-state index contributed by atoms with van der Waals surface area (Å²) >= 11 is 1.11. The number of aromatic nitrogens is 2. The van der Waals surface area contributed by atoms with Gasteiger partial charge in [-0.1, -0.05) is 11.2 Å². The van der Waals surface area contributed by atoms with Gasteiger partial charge in [0.15, 0.2) is 11.3 Å². The number of anilines is 1. The third-order valence-electron chi connectivity index (χ3n) is 3.22. The lowest BCUT2D eigenvalue weighted by molar-refractivity contribution is -0.137. The Hall–Kier alpha value is -3.21. The summed E-state index contributed by atoms with van der Waals surface area (Å²) < 4.78 is 43.1. The van der Waals surface area contributed by atoms with Gasteiger partial charge in [0, 0.05) is 17.1 Å². The van der Waals surface area contributed by atoms with Crippen LogP contribution in [0, 0.1) is 0 Å². The highest BCUT2D eigenvalue weighted by molar-refractivity contribution is 7.13. The molecule has 0 saturated carbocycles. The molecular weight excluding hydrogens is 375 g/mol. The molecule has 1 amide bonds. The molecule has 3 aromatic rings. The van der Waals surface area contributed by atoms with E-state index in [1.165, 1.54) is 6.20 Å². The number of carbonyl (C=O) groups excluding carboxylic acids is 1. The number of benzene rings is 1. The van der Waals surface area contributed by atoms with Crippen molar-refractivity contribution in [1.29, 1.82) is 0 Å². The second kappa shape index (κ2) is 6.59. The molecule has 3 rings (SSSR count). The summed E-state index contributed by atoms with van der Waals surface area (Å²) in [6.07, 6.45) is -3.19. The molecule has 0 saturated heterocycles. The molecule has 0 aliphatic carbocycles. The molecule has 26 heavy (non-hydrogen) atoms. The number of carboxylic acids is 1. The highest BCUT2D eigenvalue weighted by Gasteiger charge is 2.31. The maximum atomic E-state index is 12.7. The topological polar surface area (TPSA) is 105 Å². The molecule has 0 spiro atoms. The SMILES string of the molecule is O=C(Nc1onc(-c2nccs2)c1C(=O)O)c1cccc(C(F)(F)F)c1. The first-order valence-electron chi connectivity index (χ1n) is 6.89. The smallest absolute Gasteiger partial charge is 0.416 e. The second-order valence-electron chi connectivity index (χ2n) is 4.91. The molecule has 134 valence electrons. The summed E-state index contributed by atoms with van der Waals surface area (Å²) in [5.74, 6) is -2.90. The van der Waals surface area contributed by atoms with Crippen LogP contribution in [0.4, 0.5) is 19.1 Å². The molecule has 0 aliphatic heterocycles. The van der Waals surface area contributed by atoms with E-state index >= 15 is 0 Å². The minimum Gasteiger partial charge on any atom is -0.477 e. The van der Waals surface area contributed by atoms with E-state index in [4.69, 9.17) is 4.52 Å². The van der Waals surface area contributed by atoms with E-state index in [0.29, 0.717) is 6.07 Å². The number of hydrogen-bond donors (Lipinski definition) is 2. The Morgan fingerprint density at radius 3 is 2.65 bits per heavy atom. The Bertz CT molecular complexity index is 967. The van der Waals surface area contributed by atoms with Crippen molar-refractivity contribution in [3.8, 4) is 10.7 Å². The van der Waals surface area contributed by atoms with E-state index in [2.05, 4.69) is 15.5 Å². The number of nitrogens with zero attached hydrogens (tertiary/aromatic N) is 2. The van der Waals surface area contributed by atoms with Gasteiger partial charge in [-0.05, 0) is 18.2 Å². The van der Waals surface area contributed by atoms with Gasteiger partial charge < -0.3 is 9.63 Å².